The maximum Gasteiger partial charge on any atom is 0.255 e. The van der Waals surface area contributed by atoms with E-state index in [9.17, 15) is 4.79 Å². The SMILES string of the molecule is CCOc1ccccc1NC(=O)c1ccc(N=Cc2cccc(OC)c2)cc1. The minimum atomic E-state index is -0.199. The number of carbonyl (C=O) groups is 1. The molecule has 0 heterocycles. The van der Waals surface area contributed by atoms with E-state index in [0.717, 1.165) is 17.0 Å². The fourth-order valence-electron chi connectivity index (χ4n) is 2.62. The zero-order chi connectivity index (χ0) is 19.8. The van der Waals surface area contributed by atoms with Gasteiger partial charge in [0.2, 0.25) is 0 Å². The summed E-state index contributed by atoms with van der Waals surface area (Å²) in [6.45, 7) is 2.44. The van der Waals surface area contributed by atoms with E-state index in [1.165, 1.54) is 0 Å². The molecule has 0 saturated heterocycles. The number of para-hydroxylation sites is 2. The number of hydrogen-bond donors (Lipinski definition) is 1. The van der Waals surface area contributed by atoms with Crippen LogP contribution in [-0.2, 0) is 0 Å². The smallest absolute Gasteiger partial charge is 0.255 e. The molecule has 3 rings (SSSR count). The van der Waals surface area contributed by atoms with Crippen LogP contribution in [0, 0.1) is 0 Å². The Morgan fingerprint density at radius 1 is 1.04 bits per heavy atom. The molecule has 142 valence electrons. The molecule has 1 N–H and O–H groups in total. The Bertz CT molecular complexity index is 966. The van der Waals surface area contributed by atoms with E-state index >= 15 is 0 Å². The molecule has 0 radical (unpaired) electrons. The number of methoxy groups -OCH3 is 1. The molecule has 0 aromatic heterocycles. The number of carbonyl (C=O) groups excluding carboxylic acids is 1. The minimum absolute atomic E-state index is 0.199. The standard InChI is InChI=1S/C23H22N2O3/c1-3-28-22-10-5-4-9-21(22)25-23(26)18-11-13-19(14-12-18)24-16-17-7-6-8-20(15-17)27-2/h4-16H,3H2,1-2H3,(H,25,26). The van der Waals surface area contributed by atoms with Crippen LogP contribution in [0.15, 0.2) is 77.8 Å². The average Bonchev–Trinajstić information content (AvgIpc) is 2.74. The van der Waals surface area contributed by atoms with E-state index in [1.54, 1.807) is 37.6 Å². The van der Waals surface area contributed by atoms with Crippen molar-refractivity contribution in [1.82, 2.24) is 0 Å². The largest absolute Gasteiger partial charge is 0.497 e. The van der Waals surface area contributed by atoms with Crippen LogP contribution in [0.3, 0.4) is 0 Å². The van der Waals surface area contributed by atoms with Crippen molar-refractivity contribution in [3.63, 3.8) is 0 Å². The summed E-state index contributed by atoms with van der Waals surface area (Å²) in [4.78, 5) is 17.0. The predicted molar refractivity (Wildman–Crippen MR) is 112 cm³/mol. The highest BCUT2D eigenvalue weighted by Crippen LogP contribution is 2.24. The number of nitrogens with zero attached hydrogens (tertiary/aromatic N) is 1. The maximum atomic E-state index is 12.5. The molecule has 28 heavy (non-hydrogen) atoms. The topological polar surface area (TPSA) is 59.9 Å². The molecule has 0 saturated carbocycles. The van der Waals surface area contributed by atoms with Crippen molar-refractivity contribution in [2.24, 2.45) is 4.99 Å². The summed E-state index contributed by atoms with van der Waals surface area (Å²) in [5.41, 5.74) is 2.89. The van der Waals surface area contributed by atoms with Crippen molar-refractivity contribution in [1.29, 1.82) is 0 Å². The van der Waals surface area contributed by atoms with Gasteiger partial charge in [-0.2, -0.15) is 0 Å². The van der Waals surface area contributed by atoms with Gasteiger partial charge in [0.25, 0.3) is 5.91 Å². The molecule has 0 fully saturated rings. The van der Waals surface area contributed by atoms with Crippen LogP contribution in [0.2, 0.25) is 0 Å². The molecule has 5 nitrogen and oxygen atoms in total. The van der Waals surface area contributed by atoms with E-state index in [4.69, 9.17) is 9.47 Å². The molecular formula is C23H22N2O3. The molecule has 0 aliphatic rings. The fourth-order valence-corrected chi connectivity index (χ4v) is 2.62. The highest BCUT2D eigenvalue weighted by Gasteiger charge is 2.09. The Balaban J connectivity index is 1.68. The van der Waals surface area contributed by atoms with Crippen LogP contribution in [0.5, 0.6) is 11.5 Å². The van der Waals surface area contributed by atoms with Gasteiger partial charge in [0, 0.05) is 11.8 Å². The van der Waals surface area contributed by atoms with Crippen LogP contribution in [0.4, 0.5) is 11.4 Å². The van der Waals surface area contributed by atoms with Crippen LogP contribution >= 0.6 is 0 Å². The lowest BCUT2D eigenvalue weighted by Gasteiger charge is -2.11. The van der Waals surface area contributed by atoms with Gasteiger partial charge in [-0.15, -0.1) is 0 Å². The molecule has 5 heteroatoms. The first-order valence-corrected chi connectivity index (χ1v) is 9.01. The van der Waals surface area contributed by atoms with Crippen LogP contribution in [0.1, 0.15) is 22.8 Å². The molecule has 0 aliphatic carbocycles. The summed E-state index contributed by atoms with van der Waals surface area (Å²) in [6, 6.07) is 22.1. The van der Waals surface area contributed by atoms with E-state index in [1.807, 2.05) is 55.5 Å². The highest BCUT2D eigenvalue weighted by molar-refractivity contribution is 6.05. The van der Waals surface area contributed by atoms with Crippen LogP contribution in [-0.4, -0.2) is 25.8 Å². The highest BCUT2D eigenvalue weighted by atomic mass is 16.5. The number of benzene rings is 3. The molecule has 0 spiro atoms. The molecule has 0 atom stereocenters. The zero-order valence-corrected chi connectivity index (χ0v) is 15.9. The third-order valence-corrected chi connectivity index (χ3v) is 4.02. The second-order valence-corrected chi connectivity index (χ2v) is 5.96. The molecule has 0 bridgehead atoms. The number of nitrogens with one attached hydrogen (secondary N) is 1. The molecular weight excluding hydrogens is 352 g/mol. The lowest BCUT2D eigenvalue weighted by molar-refractivity contribution is 0.102. The first-order valence-electron chi connectivity index (χ1n) is 9.01. The summed E-state index contributed by atoms with van der Waals surface area (Å²) in [5, 5.41) is 2.89. The normalized spacial score (nSPS) is 10.6. The van der Waals surface area contributed by atoms with E-state index in [-0.39, 0.29) is 5.91 Å². The minimum Gasteiger partial charge on any atom is -0.497 e. The van der Waals surface area contributed by atoms with Gasteiger partial charge in [0.1, 0.15) is 11.5 Å². The van der Waals surface area contributed by atoms with E-state index < -0.39 is 0 Å². The van der Waals surface area contributed by atoms with Gasteiger partial charge in [-0.25, -0.2) is 0 Å². The number of amides is 1. The summed E-state index contributed by atoms with van der Waals surface area (Å²) >= 11 is 0. The molecule has 3 aromatic carbocycles. The summed E-state index contributed by atoms with van der Waals surface area (Å²) in [7, 11) is 1.63. The Morgan fingerprint density at radius 3 is 2.57 bits per heavy atom. The number of anilines is 1. The Morgan fingerprint density at radius 2 is 1.82 bits per heavy atom. The van der Waals surface area contributed by atoms with Gasteiger partial charge in [-0.1, -0.05) is 24.3 Å². The Labute approximate surface area is 164 Å². The van der Waals surface area contributed by atoms with Crippen molar-refractivity contribution in [2.75, 3.05) is 19.0 Å². The van der Waals surface area contributed by atoms with Crippen molar-refractivity contribution in [2.45, 2.75) is 6.92 Å². The van der Waals surface area contributed by atoms with Crippen LogP contribution in [0.25, 0.3) is 0 Å². The molecule has 1 amide bonds. The number of rotatable bonds is 7. The lowest BCUT2D eigenvalue weighted by Crippen LogP contribution is -2.12. The van der Waals surface area contributed by atoms with Gasteiger partial charge in [0.05, 0.1) is 25.1 Å². The number of hydrogen-bond acceptors (Lipinski definition) is 4. The maximum absolute atomic E-state index is 12.5. The molecule has 0 aliphatic heterocycles. The fraction of sp³-hybridized carbons (Fsp3) is 0.130. The summed E-state index contributed by atoms with van der Waals surface area (Å²) < 4.78 is 10.7. The molecule has 3 aromatic rings. The van der Waals surface area contributed by atoms with Crippen molar-refractivity contribution >= 4 is 23.5 Å². The first kappa shape index (κ1) is 19.2. The van der Waals surface area contributed by atoms with Crippen molar-refractivity contribution in [3.8, 4) is 11.5 Å². The monoisotopic (exact) mass is 374 g/mol. The quantitative estimate of drug-likeness (QED) is 0.586. The van der Waals surface area contributed by atoms with Crippen molar-refractivity contribution < 1.29 is 14.3 Å². The third kappa shape index (κ3) is 4.98. The number of aliphatic imine (C=N–C) groups is 1. The van der Waals surface area contributed by atoms with Gasteiger partial charge < -0.3 is 14.8 Å². The van der Waals surface area contributed by atoms with Gasteiger partial charge in [-0.05, 0) is 61.0 Å². The first-order chi connectivity index (χ1) is 13.7. The Kier molecular flexibility index (Phi) is 6.41. The van der Waals surface area contributed by atoms with Crippen LogP contribution < -0.4 is 14.8 Å². The Hall–Kier alpha value is -3.60. The second-order valence-electron chi connectivity index (χ2n) is 5.96. The van der Waals surface area contributed by atoms with Gasteiger partial charge in [0.15, 0.2) is 0 Å². The predicted octanol–water partition coefficient (Wildman–Crippen LogP) is 5.10. The van der Waals surface area contributed by atoms with Gasteiger partial charge in [-0.3, -0.25) is 9.79 Å². The lowest BCUT2D eigenvalue weighted by atomic mass is 10.2. The second kappa shape index (κ2) is 9.37. The van der Waals surface area contributed by atoms with E-state index in [2.05, 4.69) is 10.3 Å². The van der Waals surface area contributed by atoms with Crippen molar-refractivity contribution in [3.05, 3.63) is 83.9 Å². The summed E-state index contributed by atoms with van der Waals surface area (Å²) in [5.74, 6) is 1.23. The zero-order valence-electron chi connectivity index (χ0n) is 15.9. The van der Waals surface area contributed by atoms with Gasteiger partial charge >= 0.3 is 0 Å². The molecule has 0 unspecified atom stereocenters. The van der Waals surface area contributed by atoms with E-state index in [0.29, 0.717) is 23.6 Å². The average molecular weight is 374 g/mol. The third-order valence-electron chi connectivity index (χ3n) is 4.02. The summed E-state index contributed by atoms with van der Waals surface area (Å²) in [6.07, 6.45) is 1.76. The number of ether oxygens (including phenoxy) is 2.